The molecular weight excluding hydrogens is 478 g/mol. The molecule has 2 fully saturated rings. The van der Waals surface area contributed by atoms with Gasteiger partial charge >= 0.3 is 12.2 Å². The van der Waals surface area contributed by atoms with E-state index in [4.69, 9.17) is 5.73 Å². The van der Waals surface area contributed by atoms with Crippen molar-refractivity contribution in [3.8, 4) is 0 Å². The number of carbonyl (C=O) groups is 2. The summed E-state index contributed by atoms with van der Waals surface area (Å²) in [6.45, 7) is 0.863. The smallest absolute Gasteiger partial charge is 0.339 e. The van der Waals surface area contributed by atoms with Crippen LogP contribution in [-0.2, 0) is 17.4 Å². The van der Waals surface area contributed by atoms with Crippen LogP contribution in [0, 0.1) is 17.5 Å². The molecule has 188 valence electrons. The molecule has 2 heterocycles. The second kappa shape index (κ2) is 9.40. The van der Waals surface area contributed by atoms with E-state index in [1.807, 2.05) is 0 Å². The SMILES string of the molecule is N[C@@H](CC(=O)N1CCN2C(=O)N(c3ccc(C(F)(F)F)cc3)CC2C1)Cc1cc(F)c(F)cc1F. The molecule has 3 amide bonds. The van der Waals surface area contributed by atoms with E-state index in [1.54, 1.807) is 4.90 Å². The maximum Gasteiger partial charge on any atom is 0.416 e. The molecular formula is C23H22F6N4O2. The number of urea groups is 1. The highest BCUT2D eigenvalue weighted by molar-refractivity contribution is 5.95. The van der Waals surface area contributed by atoms with Gasteiger partial charge in [-0.3, -0.25) is 9.69 Å². The number of anilines is 1. The van der Waals surface area contributed by atoms with Crippen molar-refractivity contribution in [3.05, 3.63) is 65.0 Å². The van der Waals surface area contributed by atoms with Crippen molar-refractivity contribution in [1.82, 2.24) is 9.80 Å². The van der Waals surface area contributed by atoms with E-state index in [0.717, 1.165) is 12.1 Å². The van der Waals surface area contributed by atoms with E-state index in [-0.39, 0.29) is 62.6 Å². The van der Waals surface area contributed by atoms with Crippen LogP contribution in [0.1, 0.15) is 17.5 Å². The number of rotatable bonds is 5. The zero-order valence-corrected chi connectivity index (χ0v) is 18.4. The molecule has 2 aromatic rings. The Kier molecular flexibility index (Phi) is 6.67. The van der Waals surface area contributed by atoms with Crippen LogP contribution in [0.3, 0.4) is 0 Å². The third-order valence-electron chi connectivity index (χ3n) is 6.22. The molecule has 2 aliphatic rings. The highest BCUT2D eigenvalue weighted by Crippen LogP contribution is 2.32. The summed E-state index contributed by atoms with van der Waals surface area (Å²) in [5, 5.41) is 0. The van der Waals surface area contributed by atoms with Crippen molar-refractivity contribution in [1.29, 1.82) is 0 Å². The number of halogens is 6. The van der Waals surface area contributed by atoms with Crippen molar-refractivity contribution in [2.75, 3.05) is 31.1 Å². The summed E-state index contributed by atoms with van der Waals surface area (Å²) in [5.74, 6) is -3.81. The average Bonchev–Trinajstić information content (AvgIpc) is 3.12. The topological polar surface area (TPSA) is 69.9 Å². The average molecular weight is 500 g/mol. The molecule has 0 saturated carbocycles. The number of hydrogen-bond donors (Lipinski definition) is 1. The summed E-state index contributed by atoms with van der Waals surface area (Å²) in [6, 6.07) is 3.88. The molecule has 2 N–H and O–H groups in total. The van der Waals surface area contributed by atoms with E-state index >= 15 is 0 Å². The number of alkyl halides is 3. The molecule has 0 spiro atoms. The predicted molar refractivity (Wildman–Crippen MR) is 114 cm³/mol. The molecule has 1 unspecified atom stereocenters. The van der Waals surface area contributed by atoms with Gasteiger partial charge in [0.1, 0.15) is 5.82 Å². The first-order valence-corrected chi connectivity index (χ1v) is 10.9. The first-order chi connectivity index (χ1) is 16.4. The molecule has 2 aliphatic heterocycles. The molecule has 2 saturated heterocycles. The zero-order chi connectivity index (χ0) is 25.5. The Balaban J connectivity index is 1.36. The summed E-state index contributed by atoms with van der Waals surface area (Å²) in [7, 11) is 0. The van der Waals surface area contributed by atoms with E-state index in [1.165, 1.54) is 21.9 Å². The molecule has 6 nitrogen and oxygen atoms in total. The summed E-state index contributed by atoms with van der Waals surface area (Å²) >= 11 is 0. The number of amides is 3. The Hall–Kier alpha value is -3.28. The van der Waals surface area contributed by atoms with E-state index in [9.17, 15) is 35.9 Å². The van der Waals surface area contributed by atoms with Crippen molar-refractivity contribution in [2.24, 2.45) is 5.73 Å². The minimum atomic E-state index is -4.48. The number of nitrogens with two attached hydrogens (primary N) is 1. The van der Waals surface area contributed by atoms with Crippen LogP contribution in [-0.4, -0.2) is 60.0 Å². The minimum absolute atomic E-state index is 0.136. The molecule has 12 heteroatoms. The quantitative estimate of drug-likeness (QED) is 0.505. The molecule has 4 rings (SSSR count). The van der Waals surface area contributed by atoms with Gasteiger partial charge in [0, 0.05) is 50.4 Å². The zero-order valence-electron chi connectivity index (χ0n) is 18.4. The van der Waals surface area contributed by atoms with Crippen molar-refractivity contribution < 1.29 is 35.9 Å². The van der Waals surface area contributed by atoms with E-state index < -0.39 is 35.2 Å². The van der Waals surface area contributed by atoms with Gasteiger partial charge in [-0.2, -0.15) is 13.2 Å². The number of carbonyl (C=O) groups excluding carboxylic acids is 2. The number of hydrogen-bond acceptors (Lipinski definition) is 3. The van der Waals surface area contributed by atoms with Gasteiger partial charge in [0.15, 0.2) is 11.6 Å². The monoisotopic (exact) mass is 500 g/mol. The van der Waals surface area contributed by atoms with Gasteiger partial charge < -0.3 is 15.5 Å². The molecule has 35 heavy (non-hydrogen) atoms. The first kappa shape index (κ1) is 24.8. The summed E-state index contributed by atoms with van der Waals surface area (Å²) in [6.07, 6.45) is -4.82. The van der Waals surface area contributed by atoms with Crippen molar-refractivity contribution in [3.63, 3.8) is 0 Å². The number of nitrogens with zero attached hydrogens (tertiary/aromatic N) is 3. The third kappa shape index (κ3) is 5.21. The van der Waals surface area contributed by atoms with Crippen LogP contribution in [0.15, 0.2) is 36.4 Å². The van der Waals surface area contributed by atoms with E-state index in [0.29, 0.717) is 17.8 Å². The predicted octanol–water partition coefficient (Wildman–Crippen LogP) is 3.54. The largest absolute Gasteiger partial charge is 0.416 e. The Bertz CT molecular complexity index is 1120. The van der Waals surface area contributed by atoms with Crippen molar-refractivity contribution in [2.45, 2.75) is 31.1 Å². The summed E-state index contributed by atoms with van der Waals surface area (Å²) in [4.78, 5) is 30.0. The Morgan fingerprint density at radius 3 is 2.31 bits per heavy atom. The fourth-order valence-corrected chi connectivity index (χ4v) is 4.41. The second-order valence-electron chi connectivity index (χ2n) is 8.65. The maximum atomic E-state index is 13.9. The Morgan fingerprint density at radius 2 is 1.66 bits per heavy atom. The number of benzene rings is 2. The number of piperazine rings is 1. The van der Waals surface area contributed by atoms with Crippen LogP contribution in [0.4, 0.5) is 36.8 Å². The van der Waals surface area contributed by atoms with Gasteiger partial charge in [0.25, 0.3) is 0 Å². The van der Waals surface area contributed by atoms with E-state index in [2.05, 4.69) is 0 Å². The molecule has 0 bridgehead atoms. The van der Waals surface area contributed by atoms with Crippen molar-refractivity contribution >= 4 is 17.6 Å². The molecule has 0 radical (unpaired) electrons. The lowest BCUT2D eigenvalue weighted by molar-refractivity contribution is -0.137. The van der Waals surface area contributed by atoms with Gasteiger partial charge in [-0.05, 0) is 42.3 Å². The minimum Gasteiger partial charge on any atom is -0.339 e. The fraction of sp³-hybridized carbons (Fsp3) is 0.391. The first-order valence-electron chi connectivity index (χ1n) is 10.9. The lowest BCUT2D eigenvalue weighted by atomic mass is 10.0. The van der Waals surface area contributed by atoms with Crippen LogP contribution in [0.25, 0.3) is 0 Å². The van der Waals surface area contributed by atoms with Crippen LogP contribution >= 0.6 is 0 Å². The summed E-state index contributed by atoms with van der Waals surface area (Å²) in [5.41, 5.74) is 5.33. The van der Waals surface area contributed by atoms with Gasteiger partial charge in [-0.25, -0.2) is 18.0 Å². The van der Waals surface area contributed by atoms with Gasteiger partial charge in [0.05, 0.1) is 11.6 Å². The lowest BCUT2D eigenvalue weighted by Crippen LogP contribution is -2.54. The number of fused-ring (bicyclic) bond motifs is 1. The maximum absolute atomic E-state index is 13.9. The standard InChI is InChI=1S/C23H22F6N4O2/c24-18-10-20(26)19(25)8-13(18)7-15(30)9-21(34)31-5-6-32-17(11-31)12-33(22(32)35)16-3-1-14(2-4-16)23(27,28)29/h1-4,8,10,15,17H,5-7,9,11-12,30H2/t15-,17?/m1/s1. The van der Waals surface area contributed by atoms with Crippen LogP contribution in [0.5, 0.6) is 0 Å². The normalized spacial score (nSPS) is 19.2. The third-order valence-corrected chi connectivity index (χ3v) is 6.22. The lowest BCUT2D eigenvalue weighted by Gasteiger charge is -2.36. The molecule has 0 aromatic heterocycles. The molecule has 0 aliphatic carbocycles. The Labute approximate surface area is 196 Å². The molecule has 2 atom stereocenters. The highest BCUT2D eigenvalue weighted by Gasteiger charge is 2.42. The molecule has 2 aromatic carbocycles. The van der Waals surface area contributed by atoms with Gasteiger partial charge in [-0.1, -0.05) is 0 Å². The Morgan fingerprint density at radius 1 is 1.00 bits per heavy atom. The summed E-state index contributed by atoms with van der Waals surface area (Å²) < 4.78 is 78.8. The fourth-order valence-electron chi connectivity index (χ4n) is 4.41. The van der Waals surface area contributed by atoms with Crippen LogP contribution < -0.4 is 10.6 Å². The van der Waals surface area contributed by atoms with Gasteiger partial charge in [0.2, 0.25) is 5.91 Å². The second-order valence-corrected chi connectivity index (χ2v) is 8.65. The highest BCUT2D eigenvalue weighted by atomic mass is 19.4. The van der Waals surface area contributed by atoms with Gasteiger partial charge in [-0.15, -0.1) is 0 Å². The van der Waals surface area contributed by atoms with Crippen LogP contribution in [0.2, 0.25) is 0 Å².